The number of hydrogen-bond donors (Lipinski definition) is 2. The fourth-order valence-corrected chi connectivity index (χ4v) is 2.65. The SMILES string of the molecule is N[C@H]1CC[C@@H](C(=O)NCc2nnnn2-c2ccccc2)C1. The predicted octanol–water partition coefficient (Wildman–Crippen LogP) is 0.406. The molecule has 0 aliphatic heterocycles. The predicted molar refractivity (Wildman–Crippen MR) is 76.3 cm³/mol. The van der Waals surface area contributed by atoms with E-state index in [1.54, 1.807) is 4.68 Å². The molecule has 0 spiro atoms. The molecule has 1 heterocycles. The summed E-state index contributed by atoms with van der Waals surface area (Å²) in [4.78, 5) is 12.1. The monoisotopic (exact) mass is 286 g/mol. The summed E-state index contributed by atoms with van der Waals surface area (Å²) in [7, 11) is 0. The number of benzene rings is 1. The van der Waals surface area contributed by atoms with Gasteiger partial charge in [0.25, 0.3) is 0 Å². The van der Waals surface area contributed by atoms with E-state index in [9.17, 15) is 4.79 Å². The fourth-order valence-electron chi connectivity index (χ4n) is 2.65. The smallest absolute Gasteiger partial charge is 0.223 e. The van der Waals surface area contributed by atoms with Crippen LogP contribution < -0.4 is 11.1 Å². The molecule has 3 N–H and O–H groups in total. The average Bonchev–Trinajstić information content (AvgIpc) is 3.14. The van der Waals surface area contributed by atoms with Gasteiger partial charge >= 0.3 is 0 Å². The van der Waals surface area contributed by atoms with E-state index in [-0.39, 0.29) is 17.9 Å². The third-order valence-corrected chi connectivity index (χ3v) is 3.80. The van der Waals surface area contributed by atoms with E-state index in [2.05, 4.69) is 20.8 Å². The van der Waals surface area contributed by atoms with Gasteiger partial charge in [-0.1, -0.05) is 18.2 Å². The van der Waals surface area contributed by atoms with Crippen molar-refractivity contribution >= 4 is 5.91 Å². The molecule has 1 aromatic heterocycles. The molecule has 1 fully saturated rings. The molecule has 1 saturated carbocycles. The summed E-state index contributed by atoms with van der Waals surface area (Å²) in [5.74, 6) is 0.656. The Balaban J connectivity index is 1.64. The van der Waals surface area contributed by atoms with E-state index in [0.29, 0.717) is 12.4 Å². The van der Waals surface area contributed by atoms with Crippen molar-refractivity contribution < 1.29 is 4.79 Å². The highest BCUT2D eigenvalue weighted by Gasteiger charge is 2.27. The number of carbonyl (C=O) groups is 1. The van der Waals surface area contributed by atoms with Crippen LogP contribution in [-0.4, -0.2) is 32.2 Å². The van der Waals surface area contributed by atoms with Gasteiger partial charge in [0.15, 0.2) is 5.82 Å². The summed E-state index contributed by atoms with van der Waals surface area (Å²) in [6.07, 6.45) is 2.53. The van der Waals surface area contributed by atoms with Crippen LogP contribution in [0.15, 0.2) is 30.3 Å². The van der Waals surface area contributed by atoms with Crippen LogP contribution in [0, 0.1) is 5.92 Å². The first-order chi connectivity index (χ1) is 10.2. The zero-order chi connectivity index (χ0) is 14.7. The number of nitrogens with zero attached hydrogens (tertiary/aromatic N) is 4. The second-order valence-electron chi connectivity index (χ2n) is 5.33. The maximum absolute atomic E-state index is 12.1. The second-order valence-corrected chi connectivity index (χ2v) is 5.33. The number of carbonyl (C=O) groups excluding carboxylic acids is 1. The highest BCUT2D eigenvalue weighted by Crippen LogP contribution is 2.24. The quantitative estimate of drug-likeness (QED) is 0.848. The Morgan fingerprint density at radius 2 is 2.14 bits per heavy atom. The maximum Gasteiger partial charge on any atom is 0.223 e. The highest BCUT2D eigenvalue weighted by molar-refractivity contribution is 5.78. The number of hydrogen-bond acceptors (Lipinski definition) is 5. The summed E-state index contributed by atoms with van der Waals surface area (Å²) in [6, 6.07) is 9.74. The minimum atomic E-state index is 0.0149. The minimum Gasteiger partial charge on any atom is -0.348 e. The molecule has 21 heavy (non-hydrogen) atoms. The van der Waals surface area contributed by atoms with Crippen LogP contribution in [0.2, 0.25) is 0 Å². The number of para-hydroxylation sites is 1. The van der Waals surface area contributed by atoms with Crippen molar-refractivity contribution in [2.75, 3.05) is 0 Å². The number of rotatable bonds is 4. The molecule has 2 aromatic rings. The van der Waals surface area contributed by atoms with Crippen molar-refractivity contribution in [3.8, 4) is 5.69 Å². The summed E-state index contributed by atoms with van der Waals surface area (Å²) in [5.41, 5.74) is 6.71. The molecule has 0 bridgehead atoms. The molecule has 3 rings (SSSR count). The largest absolute Gasteiger partial charge is 0.348 e. The molecule has 110 valence electrons. The Kier molecular flexibility index (Phi) is 3.92. The minimum absolute atomic E-state index is 0.0149. The van der Waals surface area contributed by atoms with E-state index >= 15 is 0 Å². The molecular weight excluding hydrogens is 268 g/mol. The molecule has 0 radical (unpaired) electrons. The summed E-state index contributed by atoms with van der Waals surface area (Å²) in [5, 5.41) is 14.5. The van der Waals surface area contributed by atoms with Gasteiger partial charge in [-0.15, -0.1) is 5.10 Å². The molecule has 1 aliphatic rings. The van der Waals surface area contributed by atoms with Crippen LogP contribution in [0.5, 0.6) is 0 Å². The van der Waals surface area contributed by atoms with Crippen LogP contribution in [0.3, 0.4) is 0 Å². The Hall–Kier alpha value is -2.28. The molecule has 1 amide bonds. The van der Waals surface area contributed by atoms with E-state index in [1.165, 1.54) is 0 Å². The second kappa shape index (κ2) is 6.01. The summed E-state index contributed by atoms with van der Waals surface area (Å²) >= 11 is 0. The standard InChI is InChI=1S/C14H18N6O/c15-11-7-6-10(8-11)14(21)16-9-13-17-18-19-20(13)12-4-2-1-3-5-12/h1-5,10-11H,6-9,15H2,(H,16,21)/t10-,11+/m1/s1. The maximum atomic E-state index is 12.1. The van der Waals surface area contributed by atoms with Gasteiger partial charge in [0, 0.05) is 12.0 Å². The topological polar surface area (TPSA) is 98.7 Å². The number of nitrogens with two attached hydrogens (primary N) is 1. The van der Waals surface area contributed by atoms with E-state index < -0.39 is 0 Å². The molecular formula is C14H18N6O. The van der Waals surface area contributed by atoms with Crippen LogP contribution >= 0.6 is 0 Å². The Morgan fingerprint density at radius 3 is 2.86 bits per heavy atom. The van der Waals surface area contributed by atoms with Gasteiger partial charge in [-0.3, -0.25) is 4.79 Å². The van der Waals surface area contributed by atoms with Gasteiger partial charge in [0.2, 0.25) is 5.91 Å². The molecule has 0 unspecified atom stereocenters. The normalized spacial score (nSPS) is 21.4. The number of amides is 1. The lowest BCUT2D eigenvalue weighted by Gasteiger charge is -2.10. The third kappa shape index (κ3) is 3.08. The van der Waals surface area contributed by atoms with Gasteiger partial charge in [-0.2, -0.15) is 4.68 Å². The van der Waals surface area contributed by atoms with E-state index in [0.717, 1.165) is 24.9 Å². The van der Waals surface area contributed by atoms with Gasteiger partial charge in [-0.25, -0.2) is 0 Å². The third-order valence-electron chi connectivity index (χ3n) is 3.80. The van der Waals surface area contributed by atoms with Crippen molar-refractivity contribution in [3.63, 3.8) is 0 Å². The van der Waals surface area contributed by atoms with Crippen molar-refractivity contribution in [2.24, 2.45) is 11.7 Å². The Labute approximate surface area is 122 Å². The summed E-state index contributed by atoms with van der Waals surface area (Å²) in [6.45, 7) is 0.312. The lowest BCUT2D eigenvalue weighted by atomic mass is 10.1. The molecule has 1 aliphatic carbocycles. The number of aromatic nitrogens is 4. The van der Waals surface area contributed by atoms with Crippen molar-refractivity contribution in [3.05, 3.63) is 36.2 Å². The van der Waals surface area contributed by atoms with E-state index in [1.807, 2.05) is 30.3 Å². The van der Waals surface area contributed by atoms with Gasteiger partial charge in [0.05, 0.1) is 12.2 Å². The number of nitrogens with one attached hydrogen (secondary N) is 1. The van der Waals surface area contributed by atoms with Crippen LogP contribution in [0.4, 0.5) is 0 Å². The highest BCUT2D eigenvalue weighted by atomic mass is 16.1. The van der Waals surface area contributed by atoms with Crippen molar-refractivity contribution in [1.82, 2.24) is 25.5 Å². The van der Waals surface area contributed by atoms with Gasteiger partial charge in [0.1, 0.15) is 0 Å². The molecule has 1 aromatic carbocycles. The van der Waals surface area contributed by atoms with Gasteiger partial charge in [-0.05, 0) is 41.8 Å². The Morgan fingerprint density at radius 1 is 1.33 bits per heavy atom. The number of tetrazole rings is 1. The van der Waals surface area contributed by atoms with Crippen LogP contribution in [0.1, 0.15) is 25.1 Å². The molecule has 7 heteroatoms. The lowest BCUT2D eigenvalue weighted by molar-refractivity contribution is -0.125. The molecule has 2 atom stereocenters. The van der Waals surface area contributed by atoms with Crippen LogP contribution in [-0.2, 0) is 11.3 Å². The zero-order valence-corrected chi connectivity index (χ0v) is 11.6. The first-order valence-electron chi connectivity index (χ1n) is 7.10. The molecule has 7 nitrogen and oxygen atoms in total. The first-order valence-corrected chi connectivity index (χ1v) is 7.10. The van der Waals surface area contributed by atoms with Crippen molar-refractivity contribution in [2.45, 2.75) is 31.8 Å². The van der Waals surface area contributed by atoms with Gasteiger partial charge < -0.3 is 11.1 Å². The average molecular weight is 286 g/mol. The lowest BCUT2D eigenvalue weighted by Crippen LogP contribution is -2.31. The zero-order valence-electron chi connectivity index (χ0n) is 11.6. The molecule has 0 saturated heterocycles. The Bertz CT molecular complexity index is 611. The van der Waals surface area contributed by atoms with Crippen molar-refractivity contribution in [1.29, 1.82) is 0 Å². The summed E-state index contributed by atoms with van der Waals surface area (Å²) < 4.78 is 1.63. The fraction of sp³-hybridized carbons (Fsp3) is 0.429. The first kappa shape index (κ1) is 13.7. The van der Waals surface area contributed by atoms with Crippen LogP contribution in [0.25, 0.3) is 5.69 Å². The van der Waals surface area contributed by atoms with E-state index in [4.69, 9.17) is 5.73 Å².